The van der Waals surface area contributed by atoms with Crippen molar-refractivity contribution in [1.82, 2.24) is 4.98 Å². The summed E-state index contributed by atoms with van der Waals surface area (Å²) in [7, 11) is 1.65. The summed E-state index contributed by atoms with van der Waals surface area (Å²) in [6.45, 7) is 1.98. The minimum atomic E-state index is -0.181. The van der Waals surface area contributed by atoms with E-state index >= 15 is 0 Å². The van der Waals surface area contributed by atoms with Crippen LogP contribution in [0.5, 0.6) is 5.75 Å². The van der Waals surface area contributed by atoms with Crippen LogP contribution in [0.4, 0.5) is 0 Å². The molecule has 3 nitrogen and oxygen atoms in total. The smallest absolute Gasteiger partial charge is 0.121 e. The standard InChI is InChI=1S/C16H16N2O/c1-12-9-13(6-7-16(12)19-2)14(11-17)10-15-5-3-4-8-18-15/h3-9,14H,10H2,1-2H3. The van der Waals surface area contributed by atoms with Crippen LogP contribution in [0.15, 0.2) is 42.6 Å². The first-order valence-electron chi connectivity index (χ1n) is 6.18. The Balaban J connectivity index is 2.23. The molecule has 2 aromatic rings. The molecule has 0 saturated heterocycles. The molecule has 0 saturated carbocycles. The van der Waals surface area contributed by atoms with Crippen LogP contribution >= 0.6 is 0 Å². The van der Waals surface area contributed by atoms with Gasteiger partial charge < -0.3 is 4.74 Å². The van der Waals surface area contributed by atoms with Gasteiger partial charge in [0.1, 0.15) is 5.75 Å². The first kappa shape index (κ1) is 13.1. The van der Waals surface area contributed by atoms with Gasteiger partial charge in [-0.25, -0.2) is 0 Å². The van der Waals surface area contributed by atoms with E-state index in [0.717, 1.165) is 22.6 Å². The second kappa shape index (κ2) is 6.01. The van der Waals surface area contributed by atoms with Crippen LogP contribution in [0.3, 0.4) is 0 Å². The highest BCUT2D eigenvalue weighted by molar-refractivity contribution is 5.39. The Morgan fingerprint density at radius 3 is 2.74 bits per heavy atom. The zero-order valence-electron chi connectivity index (χ0n) is 11.1. The van der Waals surface area contributed by atoms with Crippen molar-refractivity contribution in [2.24, 2.45) is 0 Å². The molecular formula is C16H16N2O. The molecule has 0 fully saturated rings. The molecule has 3 heteroatoms. The summed E-state index contributed by atoms with van der Waals surface area (Å²) >= 11 is 0. The minimum absolute atomic E-state index is 0.181. The van der Waals surface area contributed by atoms with Gasteiger partial charge in [-0.05, 0) is 36.2 Å². The van der Waals surface area contributed by atoms with Crippen LogP contribution in [-0.4, -0.2) is 12.1 Å². The number of methoxy groups -OCH3 is 1. The van der Waals surface area contributed by atoms with Crippen molar-refractivity contribution in [2.75, 3.05) is 7.11 Å². The SMILES string of the molecule is COc1ccc(C(C#N)Cc2ccccn2)cc1C. The molecule has 1 aromatic heterocycles. The van der Waals surface area contributed by atoms with E-state index in [4.69, 9.17) is 4.74 Å². The summed E-state index contributed by atoms with van der Waals surface area (Å²) in [6.07, 6.45) is 2.38. The van der Waals surface area contributed by atoms with Crippen molar-refractivity contribution in [3.8, 4) is 11.8 Å². The Kier molecular flexibility index (Phi) is 4.15. The number of nitriles is 1. The fraction of sp³-hybridized carbons (Fsp3) is 0.250. The summed E-state index contributed by atoms with van der Waals surface area (Å²) in [6, 6.07) is 14.0. The number of pyridine rings is 1. The van der Waals surface area contributed by atoms with Crippen LogP contribution in [0.1, 0.15) is 22.7 Å². The molecule has 0 aliphatic heterocycles. The van der Waals surface area contributed by atoms with Gasteiger partial charge in [0.05, 0.1) is 19.1 Å². The molecule has 0 amide bonds. The lowest BCUT2D eigenvalue weighted by molar-refractivity contribution is 0.411. The van der Waals surface area contributed by atoms with Crippen molar-refractivity contribution >= 4 is 0 Å². The fourth-order valence-corrected chi connectivity index (χ4v) is 2.08. The highest BCUT2D eigenvalue weighted by Crippen LogP contribution is 2.25. The Morgan fingerprint density at radius 2 is 2.16 bits per heavy atom. The Labute approximate surface area is 113 Å². The van der Waals surface area contributed by atoms with Gasteiger partial charge in [0.15, 0.2) is 0 Å². The summed E-state index contributed by atoms with van der Waals surface area (Å²) in [4.78, 5) is 4.27. The van der Waals surface area contributed by atoms with Crippen LogP contribution in [0.25, 0.3) is 0 Å². The van der Waals surface area contributed by atoms with Crippen molar-refractivity contribution < 1.29 is 4.74 Å². The van der Waals surface area contributed by atoms with E-state index in [1.165, 1.54) is 0 Å². The van der Waals surface area contributed by atoms with Crippen molar-refractivity contribution in [2.45, 2.75) is 19.3 Å². The van der Waals surface area contributed by atoms with Gasteiger partial charge in [0.2, 0.25) is 0 Å². The number of nitrogens with zero attached hydrogens (tertiary/aromatic N) is 2. The molecule has 1 aromatic carbocycles. The molecule has 1 atom stereocenters. The lowest BCUT2D eigenvalue weighted by atomic mass is 9.94. The van der Waals surface area contributed by atoms with E-state index in [2.05, 4.69) is 11.1 Å². The van der Waals surface area contributed by atoms with Crippen LogP contribution in [0, 0.1) is 18.3 Å². The predicted molar refractivity (Wildman–Crippen MR) is 74.0 cm³/mol. The molecule has 2 rings (SSSR count). The molecule has 0 radical (unpaired) electrons. The maximum atomic E-state index is 9.35. The minimum Gasteiger partial charge on any atom is -0.496 e. The molecule has 0 aliphatic rings. The Hall–Kier alpha value is -2.34. The first-order chi connectivity index (χ1) is 9.24. The van der Waals surface area contributed by atoms with Crippen molar-refractivity contribution in [1.29, 1.82) is 5.26 Å². The zero-order valence-corrected chi connectivity index (χ0v) is 11.1. The van der Waals surface area contributed by atoms with Crippen molar-refractivity contribution in [3.63, 3.8) is 0 Å². The lowest BCUT2D eigenvalue weighted by Gasteiger charge is -2.12. The largest absolute Gasteiger partial charge is 0.496 e. The topological polar surface area (TPSA) is 45.9 Å². The number of aromatic nitrogens is 1. The Bertz CT molecular complexity index is 587. The average Bonchev–Trinajstić information content (AvgIpc) is 2.46. The second-order valence-corrected chi connectivity index (χ2v) is 4.44. The third-order valence-electron chi connectivity index (χ3n) is 3.12. The molecule has 0 bridgehead atoms. The molecule has 96 valence electrons. The number of rotatable bonds is 4. The average molecular weight is 252 g/mol. The summed E-state index contributed by atoms with van der Waals surface area (Å²) in [5.41, 5.74) is 2.98. The molecular weight excluding hydrogens is 236 g/mol. The van der Waals surface area contributed by atoms with E-state index in [9.17, 15) is 5.26 Å². The molecule has 0 N–H and O–H groups in total. The number of ether oxygens (including phenoxy) is 1. The summed E-state index contributed by atoms with van der Waals surface area (Å²) in [5, 5.41) is 9.35. The van der Waals surface area contributed by atoms with Gasteiger partial charge in [-0.15, -0.1) is 0 Å². The van der Waals surface area contributed by atoms with E-state index in [1.54, 1.807) is 13.3 Å². The second-order valence-electron chi connectivity index (χ2n) is 4.44. The highest BCUT2D eigenvalue weighted by Gasteiger charge is 2.13. The summed E-state index contributed by atoms with van der Waals surface area (Å²) in [5.74, 6) is 0.665. The monoisotopic (exact) mass is 252 g/mol. The fourth-order valence-electron chi connectivity index (χ4n) is 2.08. The number of aryl methyl sites for hydroxylation is 1. The van der Waals surface area contributed by atoms with Crippen LogP contribution in [-0.2, 0) is 6.42 Å². The molecule has 0 spiro atoms. The third-order valence-corrected chi connectivity index (χ3v) is 3.12. The van der Waals surface area contributed by atoms with Gasteiger partial charge in [-0.3, -0.25) is 4.98 Å². The van der Waals surface area contributed by atoms with Gasteiger partial charge in [-0.1, -0.05) is 18.2 Å². The number of benzene rings is 1. The molecule has 0 aliphatic carbocycles. The lowest BCUT2D eigenvalue weighted by Crippen LogP contribution is -2.02. The highest BCUT2D eigenvalue weighted by atomic mass is 16.5. The molecule has 19 heavy (non-hydrogen) atoms. The summed E-state index contributed by atoms with van der Waals surface area (Å²) < 4.78 is 5.24. The zero-order chi connectivity index (χ0) is 13.7. The van der Waals surface area contributed by atoms with E-state index in [0.29, 0.717) is 6.42 Å². The predicted octanol–water partition coefficient (Wildman–Crippen LogP) is 3.25. The first-order valence-corrected chi connectivity index (χ1v) is 6.18. The van der Waals surface area contributed by atoms with E-state index < -0.39 is 0 Å². The Morgan fingerprint density at radius 1 is 1.32 bits per heavy atom. The normalized spacial score (nSPS) is 11.6. The van der Waals surface area contributed by atoms with Gasteiger partial charge in [0.25, 0.3) is 0 Å². The molecule has 1 heterocycles. The third kappa shape index (κ3) is 3.11. The maximum absolute atomic E-state index is 9.35. The van der Waals surface area contributed by atoms with Gasteiger partial charge in [0, 0.05) is 18.3 Å². The van der Waals surface area contributed by atoms with Crippen molar-refractivity contribution in [3.05, 3.63) is 59.4 Å². The quantitative estimate of drug-likeness (QED) is 0.839. The van der Waals surface area contributed by atoms with Crippen LogP contribution in [0.2, 0.25) is 0 Å². The van der Waals surface area contributed by atoms with Gasteiger partial charge in [-0.2, -0.15) is 5.26 Å². The maximum Gasteiger partial charge on any atom is 0.121 e. The number of hydrogen-bond acceptors (Lipinski definition) is 3. The van der Waals surface area contributed by atoms with Gasteiger partial charge >= 0.3 is 0 Å². The van der Waals surface area contributed by atoms with Crippen LogP contribution < -0.4 is 4.74 Å². The van der Waals surface area contributed by atoms with E-state index in [-0.39, 0.29) is 5.92 Å². The number of hydrogen-bond donors (Lipinski definition) is 0. The molecule has 1 unspecified atom stereocenters. The van der Waals surface area contributed by atoms with E-state index in [1.807, 2.05) is 43.3 Å².